The van der Waals surface area contributed by atoms with E-state index in [-0.39, 0.29) is 10.8 Å². The molecule has 29 heavy (non-hydrogen) atoms. The molecule has 1 aliphatic heterocycles. The summed E-state index contributed by atoms with van der Waals surface area (Å²) in [5.74, 6) is 0.616. The van der Waals surface area contributed by atoms with Crippen LogP contribution in [-0.2, 0) is 23.5 Å². The van der Waals surface area contributed by atoms with Gasteiger partial charge in [-0.3, -0.25) is 4.79 Å². The molecule has 3 heterocycles. The zero-order valence-electron chi connectivity index (χ0n) is 16.4. The Hall–Kier alpha value is -2.58. The third kappa shape index (κ3) is 3.95. The van der Waals surface area contributed by atoms with Crippen LogP contribution >= 0.6 is 0 Å². The summed E-state index contributed by atoms with van der Waals surface area (Å²) >= 11 is 0. The molecule has 0 radical (unpaired) electrons. The molecule has 1 amide bonds. The molecule has 4 rings (SSSR count). The predicted molar refractivity (Wildman–Crippen MR) is 110 cm³/mol. The van der Waals surface area contributed by atoms with Crippen molar-refractivity contribution in [2.75, 3.05) is 19.6 Å². The van der Waals surface area contributed by atoms with Gasteiger partial charge < -0.3 is 14.3 Å². The molecule has 2 aromatic heterocycles. The molecule has 1 fully saturated rings. The monoisotopic (exact) mass is 415 g/mol. The summed E-state index contributed by atoms with van der Waals surface area (Å²) in [6, 6.07) is 10.5. The lowest BCUT2D eigenvalue weighted by molar-refractivity contribution is 0.0946. The molecular weight excluding hydrogens is 390 g/mol. The number of sulfonamides is 1. The number of amides is 1. The summed E-state index contributed by atoms with van der Waals surface area (Å²) in [4.78, 5) is 12.9. The molecule has 0 bridgehead atoms. The van der Waals surface area contributed by atoms with Crippen molar-refractivity contribution in [1.82, 2.24) is 14.2 Å². The second-order valence-corrected chi connectivity index (χ2v) is 9.30. The van der Waals surface area contributed by atoms with Gasteiger partial charge in [-0.1, -0.05) is 6.42 Å². The first-order valence-corrected chi connectivity index (χ1v) is 11.3. The Morgan fingerprint density at radius 1 is 1.14 bits per heavy atom. The molecule has 0 aliphatic carbocycles. The van der Waals surface area contributed by atoms with Crippen LogP contribution in [-0.4, -0.2) is 42.8 Å². The molecule has 1 saturated heterocycles. The fraction of sp³-hybridized carbons (Fsp3) is 0.381. The highest BCUT2D eigenvalue weighted by Gasteiger charge is 2.26. The number of piperidine rings is 1. The number of furan rings is 1. The van der Waals surface area contributed by atoms with Crippen molar-refractivity contribution in [3.8, 4) is 0 Å². The molecule has 0 unspecified atom stereocenters. The minimum atomic E-state index is -3.50. The molecule has 0 saturated carbocycles. The zero-order chi connectivity index (χ0) is 20.4. The van der Waals surface area contributed by atoms with E-state index in [4.69, 9.17) is 4.42 Å². The summed E-state index contributed by atoms with van der Waals surface area (Å²) in [6.45, 7) is 1.60. The van der Waals surface area contributed by atoms with Crippen LogP contribution in [0.15, 0.2) is 52.0 Å². The van der Waals surface area contributed by atoms with Gasteiger partial charge >= 0.3 is 0 Å². The molecule has 1 aromatic carbocycles. The Kier molecular flexibility index (Phi) is 5.47. The van der Waals surface area contributed by atoms with Crippen LogP contribution in [0.2, 0.25) is 0 Å². The van der Waals surface area contributed by atoms with Crippen molar-refractivity contribution in [3.63, 3.8) is 0 Å². The number of benzene rings is 1. The van der Waals surface area contributed by atoms with Crippen LogP contribution in [0.1, 0.15) is 35.5 Å². The predicted octanol–water partition coefficient (Wildman–Crippen LogP) is 2.92. The van der Waals surface area contributed by atoms with Gasteiger partial charge in [0.1, 0.15) is 11.5 Å². The maximum atomic E-state index is 12.9. The maximum absolute atomic E-state index is 12.9. The molecule has 1 N–H and O–H groups in total. The smallest absolute Gasteiger partial charge is 0.267 e. The summed E-state index contributed by atoms with van der Waals surface area (Å²) in [6.07, 6.45) is 5.09. The van der Waals surface area contributed by atoms with Gasteiger partial charge in [0.2, 0.25) is 10.0 Å². The second-order valence-electron chi connectivity index (χ2n) is 7.36. The highest BCUT2D eigenvalue weighted by atomic mass is 32.2. The lowest BCUT2D eigenvalue weighted by Crippen LogP contribution is -2.35. The second kappa shape index (κ2) is 8.04. The molecule has 0 atom stereocenters. The van der Waals surface area contributed by atoms with Gasteiger partial charge in [0, 0.05) is 44.0 Å². The van der Waals surface area contributed by atoms with Crippen LogP contribution in [0.4, 0.5) is 0 Å². The SMILES string of the molecule is Cn1c(C(=O)NCCc2ccco2)cc2cc(S(=O)(=O)N3CCCCC3)ccc21. The molecule has 3 aromatic rings. The third-order valence-corrected chi connectivity index (χ3v) is 7.33. The summed E-state index contributed by atoms with van der Waals surface area (Å²) in [5.41, 5.74) is 1.31. The average Bonchev–Trinajstić information content (AvgIpc) is 3.36. The zero-order valence-corrected chi connectivity index (χ0v) is 17.2. The minimum Gasteiger partial charge on any atom is -0.469 e. The van der Waals surface area contributed by atoms with Crippen LogP contribution < -0.4 is 5.32 Å². The molecule has 8 heteroatoms. The van der Waals surface area contributed by atoms with Gasteiger partial charge in [0.25, 0.3) is 5.91 Å². The van der Waals surface area contributed by atoms with E-state index in [2.05, 4.69) is 5.32 Å². The molecule has 7 nitrogen and oxygen atoms in total. The molecule has 1 aliphatic rings. The number of fused-ring (bicyclic) bond motifs is 1. The quantitative estimate of drug-likeness (QED) is 0.671. The first kappa shape index (κ1) is 19.7. The largest absolute Gasteiger partial charge is 0.469 e. The van der Waals surface area contributed by atoms with E-state index in [9.17, 15) is 13.2 Å². The Morgan fingerprint density at radius 3 is 2.66 bits per heavy atom. The van der Waals surface area contributed by atoms with Crippen molar-refractivity contribution >= 4 is 26.8 Å². The Bertz CT molecular complexity index is 1110. The summed E-state index contributed by atoms with van der Waals surface area (Å²) < 4.78 is 34.5. The number of aryl methyl sites for hydroxylation is 1. The number of nitrogens with zero attached hydrogens (tertiary/aromatic N) is 2. The standard InChI is InChI=1S/C21H25N3O4S/c1-23-19-8-7-18(29(26,27)24-11-3-2-4-12-24)14-16(19)15-20(23)21(25)22-10-9-17-6-5-13-28-17/h5-8,13-15H,2-4,9-12H2,1H3,(H,22,25). The van der Waals surface area contributed by atoms with Crippen molar-refractivity contribution in [3.05, 3.63) is 54.1 Å². The van der Waals surface area contributed by atoms with Crippen molar-refractivity contribution in [2.45, 2.75) is 30.6 Å². The Labute approximate surface area is 170 Å². The number of hydrogen-bond donors (Lipinski definition) is 1. The lowest BCUT2D eigenvalue weighted by atomic mass is 10.2. The molecular formula is C21H25N3O4S. The number of rotatable bonds is 6. The number of carbonyl (C=O) groups excluding carboxylic acids is 1. The van der Waals surface area contributed by atoms with Crippen molar-refractivity contribution in [2.24, 2.45) is 7.05 Å². The van der Waals surface area contributed by atoms with Crippen LogP contribution in [0.25, 0.3) is 10.9 Å². The summed E-state index contributed by atoms with van der Waals surface area (Å²) in [7, 11) is -1.70. The van der Waals surface area contributed by atoms with E-state index < -0.39 is 10.0 Å². The van der Waals surface area contributed by atoms with Crippen molar-refractivity contribution < 1.29 is 17.6 Å². The number of aromatic nitrogens is 1. The average molecular weight is 416 g/mol. The van der Waals surface area contributed by atoms with Gasteiger partial charge in [0.05, 0.1) is 11.2 Å². The Morgan fingerprint density at radius 2 is 1.93 bits per heavy atom. The van der Waals surface area contributed by atoms with Crippen molar-refractivity contribution in [1.29, 1.82) is 0 Å². The van der Waals surface area contributed by atoms with E-state index in [0.29, 0.717) is 31.7 Å². The normalized spacial score (nSPS) is 15.6. The van der Waals surface area contributed by atoms with Gasteiger partial charge in [-0.25, -0.2) is 8.42 Å². The summed E-state index contributed by atoms with van der Waals surface area (Å²) in [5, 5.41) is 3.63. The van der Waals surface area contributed by atoms with E-state index in [1.807, 2.05) is 19.2 Å². The fourth-order valence-corrected chi connectivity index (χ4v) is 5.36. The van der Waals surface area contributed by atoms with E-state index >= 15 is 0 Å². The van der Waals surface area contributed by atoms with Crippen LogP contribution in [0.3, 0.4) is 0 Å². The fourth-order valence-electron chi connectivity index (χ4n) is 3.80. The minimum absolute atomic E-state index is 0.198. The third-order valence-electron chi connectivity index (χ3n) is 5.44. The van der Waals surface area contributed by atoms with Gasteiger partial charge in [0.15, 0.2) is 0 Å². The number of carbonyl (C=O) groups is 1. The highest BCUT2D eigenvalue weighted by molar-refractivity contribution is 7.89. The Balaban J connectivity index is 1.54. The van der Waals surface area contributed by atoms with Crippen LogP contribution in [0, 0.1) is 0 Å². The molecule has 154 valence electrons. The topological polar surface area (TPSA) is 84.5 Å². The van der Waals surface area contributed by atoms with Gasteiger partial charge in [-0.15, -0.1) is 0 Å². The highest BCUT2D eigenvalue weighted by Crippen LogP contribution is 2.26. The lowest BCUT2D eigenvalue weighted by Gasteiger charge is -2.25. The maximum Gasteiger partial charge on any atom is 0.267 e. The van der Waals surface area contributed by atoms with E-state index in [1.165, 1.54) is 0 Å². The van der Waals surface area contributed by atoms with E-state index in [1.54, 1.807) is 39.4 Å². The van der Waals surface area contributed by atoms with Gasteiger partial charge in [-0.05, 0) is 49.2 Å². The van der Waals surface area contributed by atoms with Gasteiger partial charge in [-0.2, -0.15) is 4.31 Å². The first-order valence-electron chi connectivity index (χ1n) is 9.87. The van der Waals surface area contributed by atoms with Crippen LogP contribution in [0.5, 0.6) is 0 Å². The first-order chi connectivity index (χ1) is 14.0. The molecule has 0 spiro atoms. The number of hydrogen-bond acceptors (Lipinski definition) is 4. The number of nitrogens with one attached hydrogen (secondary N) is 1. The van der Waals surface area contributed by atoms with E-state index in [0.717, 1.165) is 35.9 Å².